The van der Waals surface area contributed by atoms with Crippen molar-refractivity contribution in [1.29, 1.82) is 0 Å². The van der Waals surface area contributed by atoms with Crippen molar-refractivity contribution < 1.29 is 14.6 Å². The first-order valence-electron chi connectivity index (χ1n) is 6.15. The van der Waals surface area contributed by atoms with Crippen molar-refractivity contribution in [3.8, 4) is 5.75 Å². The number of aliphatic carboxylic acids is 1. The van der Waals surface area contributed by atoms with Gasteiger partial charge in [0, 0.05) is 13.1 Å². The van der Waals surface area contributed by atoms with Crippen molar-refractivity contribution in [2.75, 3.05) is 13.7 Å². The lowest BCUT2D eigenvalue weighted by molar-refractivity contribution is -0.141. The summed E-state index contributed by atoms with van der Waals surface area (Å²) in [4.78, 5) is 10.9. The van der Waals surface area contributed by atoms with Crippen LogP contribution in [0.25, 0.3) is 0 Å². The van der Waals surface area contributed by atoms with Crippen LogP contribution in [0.5, 0.6) is 5.75 Å². The van der Waals surface area contributed by atoms with Crippen LogP contribution in [0.3, 0.4) is 0 Å². The van der Waals surface area contributed by atoms with Gasteiger partial charge in [0.15, 0.2) is 0 Å². The summed E-state index contributed by atoms with van der Waals surface area (Å²) in [5.41, 5.74) is 2.22. The average Bonchev–Trinajstić information content (AvgIpc) is 2.34. The van der Waals surface area contributed by atoms with E-state index in [-0.39, 0.29) is 5.92 Å². The number of aryl methyl sites for hydroxylation is 1. The predicted octanol–water partition coefficient (Wildman–Crippen LogP) is 2.20. The van der Waals surface area contributed by atoms with E-state index >= 15 is 0 Å². The summed E-state index contributed by atoms with van der Waals surface area (Å²) in [7, 11) is 1.65. The van der Waals surface area contributed by atoms with Crippen molar-refractivity contribution in [3.05, 3.63) is 29.3 Å². The average molecular weight is 251 g/mol. The second-order valence-corrected chi connectivity index (χ2v) is 4.38. The molecule has 0 amide bonds. The minimum atomic E-state index is -0.740. The summed E-state index contributed by atoms with van der Waals surface area (Å²) >= 11 is 0. The van der Waals surface area contributed by atoms with E-state index in [1.54, 1.807) is 7.11 Å². The highest BCUT2D eigenvalue weighted by Gasteiger charge is 2.13. The van der Waals surface area contributed by atoms with Gasteiger partial charge < -0.3 is 15.2 Å². The topological polar surface area (TPSA) is 58.6 Å². The Morgan fingerprint density at radius 3 is 2.72 bits per heavy atom. The van der Waals surface area contributed by atoms with Crippen LogP contribution in [0.2, 0.25) is 0 Å². The number of carboxylic acids is 1. The van der Waals surface area contributed by atoms with E-state index in [1.807, 2.05) is 32.0 Å². The molecule has 100 valence electrons. The van der Waals surface area contributed by atoms with Gasteiger partial charge in [0.1, 0.15) is 5.75 Å². The molecule has 0 aliphatic rings. The third-order valence-corrected chi connectivity index (χ3v) is 3.02. The fourth-order valence-electron chi connectivity index (χ4n) is 1.85. The number of rotatable bonds is 7. The van der Waals surface area contributed by atoms with E-state index < -0.39 is 5.97 Å². The molecule has 4 nitrogen and oxygen atoms in total. The first kappa shape index (κ1) is 14.5. The maximum Gasteiger partial charge on any atom is 0.307 e. The number of ether oxygens (including phenoxy) is 1. The van der Waals surface area contributed by atoms with Crippen LogP contribution >= 0.6 is 0 Å². The van der Waals surface area contributed by atoms with Gasteiger partial charge >= 0.3 is 5.97 Å². The molecule has 0 bridgehead atoms. The Morgan fingerprint density at radius 2 is 2.22 bits per heavy atom. The standard InChI is InChI=1S/C14H21NO3/c1-4-12(14(16)17)9-15-8-11-5-6-13(18-3)10(2)7-11/h5-7,12,15H,4,8-9H2,1-3H3,(H,16,17). The molecule has 0 aliphatic carbocycles. The van der Waals surface area contributed by atoms with Crippen LogP contribution in [0.1, 0.15) is 24.5 Å². The monoisotopic (exact) mass is 251 g/mol. The summed E-state index contributed by atoms with van der Waals surface area (Å²) in [6.45, 7) is 5.05. The van der Waals surface area contributed by atoms with Crippen LogP contribution in [0.4, 0.5) is 0 Å². The zero-order valence-electron chi connectivity index (χ0n) is 11.2. The van der Waals surface area contributed by atoms with Crippen LogP contribution < -0.4 is 10.1 Å². The number of benzene rings is 1. The van der Waals surface area contributed by atoms with E-state index in [0.717, 1.165) is 16.9 Å². The molecule has 0 radical (unpaired) electrons. The lowest BCUT2D eigenvalue weighted by atomic mass is 10.1. The molecule has 0 aliphatic heterocycles. The van der Waals surface area contributed by atoms with Gasteiger partial charge in [0.2, 0.25) is 0 Å². The number of carbonyl (C=O) groups is 1. The fourth-order valence-corrected chi connectivity index (χ4v) is 1.85. The highest BCUT2D eigenvalue weighted by atomic mass is 16.5. The lowest BCUT2D eigenvalue weighted by Gasteiger charge is -2.12. The molecule has 1 unspecified atom stereocenters. The Kier molecular flexibility index (Phi) is 5.65. The van der Waals surface area contributed by atoms with Crippen LogP contribution in [-0.2, 0) is 11.3 Å². The number of hydrogen-bond donors (Lipinski definition) is 2. The highest BCUT2D eigenvalue weighted by molar-refractivity contribution is 5.70. The smallest absolute Gasteiger partial charge is 0.307 e. The zero-order chi connectivity index (χ0) is 13.5. The summed E-state index contributed by atoms with van der Waals surface area (Å²) in [5, 5.41) is 12.1. The van der Waals surface area contributed by atoms with Gasteiger partial charge in [-0.05, 0) is 30.5 Å². The summed E-state index contributed by atoms with van der Waals surface area (Å²) < 4.78 is 5.19. The van der Waals surface area contributed by atoms with E-state index in [2.05, 4.69) is 5.32 Å². The fraction of sp³-hybridized carbons (Fsp3) is 0.500. The van der Waals surface area contributed by atoms with Crippen molar-refractivity contribution in [2.24, 2.45) is 5.92 Å². The van der Waals surface area contributed by atoms with E-state index in [9.17, 15) is 4.79 Å². The van der Waals surface area contributed by atoms with E-state index in [1.165, 1.54) is 0 Å². The Balaban J connectivity index is 2.49. The molecule has 2 N–H and O–H groups in total. The summed E-state index contributed by atoms with van der Waals surface area (Å²) in [6, 6.07) is 5.97. The quantitative estimate of drug-likeness (QED) is 0.780. The Labute approximate surface area is 108 Å². The zero-order valence-corrected chi connectivity index (χ0v) is 11.2. The molecule has 0 spiro atoms. The maximum atomic E-state index is 10.9. The molecular formula is C14H21NO3. The van der Waals surface area contributed by atoms with Gasteiger partial charge in [0.05, 0.1) is 13.0 Å². The van der Waals surface area contributed by atoms with E-state index in [0.29, 0.717) is 19.5 Å². The Bertz CT molecular complexity index is 404. The molecular weight excluding hydrogens is 230 g/mol. The molecule has 1 aromatic carbocycles. The van der Waals surface area contributed by atoms with Gasteiger partial charge in [0.25, 0.3) is 0 Å². The van der Waals surface area contributed by atoms with Crippen molar-refractivity contribution >= 4 is 5.97 Å². The second kappa shape index (κ2) is 7.01. The van der Waals surface area contributed by atoms with Gasteiger partial charge in [-0.2, -0.15) is 0 Å². The summed E-state index contributed by atoms with van der Waals surface area (Å²) in [5.74, 6) is -0.184. The lowest BCUT2D eigenvalue weighted by Crippen LogP contribution is -2.27. The number of nitrogens with one attached hydrogen (secondary N) is 1. The van der Waals surface area contributed by atoms with Crippen molar-refractivity contribution in [1.82, 2.24) is 5.32 Å². The minimum Gasteiger partial charge on any atom is -0.496 e. The molecule has 4 heteroatoms. The molecule has 0 aromatic heterocycles. The SMILES string of the molecule is CCC(CNCc1ccc(OC)c(C)c1)C(=O)O. The normalized spacial score (nSPS) is 12.2. The minimum absolute atomic E-state index is 0.315. The molecule has 0 fully saturated rings. The number of carboxylic acid groups (broad SMARTS) is 1. The van der Waals surface area contributed by atoms with Gasteiger partial charge in [-0.1, -0.05) is 19.1 Å². The van der Waals surface area contributed by atoms with Crippen molar-refractivity contribution in [2.45, 2.75) is 26.8 Å². The van der Waals surface area contributed by atoms with Crippen LogP contribution in [0, 0.1) is 12.8 Å². The first-order chi connectivity index (χ1) is 8.58. The molecule has 18 heavy (non-hydrogen) atoms. The molecule has 0 heterocycles. The molecule has 1 atom stereocenters. The number of methoxy groups -OCH3 is 1. The third-order valence-electron chi connectivity index (χ3n) is 3.02. The molecule has 0 saturated carbocycles. The number of hydrogen-bond acceptors (Lipinski definition) is 3. The van der Waals surface area contributed by atoms with Gasteiger partial charge in [-0.25, -0.2) is 0 Å². The Morgan fingerprint density at radius 1 is 1.50 bits per heavy atom. The summed E-state index contributed by atoms with van der Waals surface area (Å²) in [6.07, 6.45) is 0.643. The third kappa shape index (κ3) is 4.04. The highest BCUT2D eigenvalue weighted by Crippen LogP contribution is 2.18. The molecule has 0 saturated heterocycles. The largest absolute Gasteiger partial charge is 0.496 e. The second-order valence-electron chi connectivity index (χ2n) is 4.38. The molecule has 1 aromatic rings. The molecule has 1 rings (SSSR count). The van der Waals surface area contributed by atoms with Crippen LogP contribution in [-0.4, -0.2) is 24.7 Å². The predicted molar refractivity (Wildman–Crippen MR) is 70.9 cm³/mol. The maximum absolute atomic E-state index is 10.9. The van der Waals surface area contributed by atoms with Gasteiger partial charge in [-0.3, -0.25) is 4.79 Å². The van der Waals surface area contributed by atoms with Crippen molar-refractivity contribution in [3.63, 3.8) is 0 Å². The first-order valence-corrected chi connectivity index (χ1v) is 6.15. The Hall–Kier alpha value is -1.55. The van der Waals surface area contributed by atoms with Crippen LogP contribution in [0.15, 0.2) is 18.2 Å². The van der Waals surface area contributed by atoms with Gasteiger partial charge in [-0.15, -0.1) is 0 Å². The van der Waals surface area contributed by atoms with E-state index in [4.69, 9.17) is 9.84 Å².